The molecule has 0 bridgehead atoms. The van der Waals surface area contributed by atoms with E-state index in [4.69, 9.17) is 25.8 Å². The van der Waals surface area contributed by atoms with Crippen LogP contribution in [-0.4, -0.2) is 31.7 Å². The number of esters is 1. The number of anilines is 1. The molecule has 0 unspecified atom stereocenters. The molecular weight excluding hydrogens is 434 g/mol. The molecule has 9 heteroatoms. The van der Waals surface area contributed by atoms with Gasteiger partial charge in [-0.2, -0.15) is 0 Å². The highest BCUT2D eigenvalue weighted by Gasteiger charge is 2.22. The predicted octanol–water partition coefficient (Wildman–Crippen LogP) is 4.62. The van der Waals surface area contributed by atoms with E-state index in [0.29, 0.717) is 46.2 Å². The van der Waals surface area contributed by atoms with Crippen molar-refractivity contribution in [1.82, 2.24) is 0 Å². The Morgan fingerprint density at radius 3 is 2.66 bits per heavy atom. The molecule has 6 nitrogen and oxygen atoms in total. The van der Waals surface area contributed by atoms with Crippen LogP contribution in [0.25, 0.3) is 0 Å². The molecule has 0 aliphatic carbocycles. The van der Waals surface area contributed by atoms with Gasteiger partial charge in [0, 0.05) is 16.6 Å². The van der Waals surface area contributed by atoms with E-state index >= 15 is 0 Å². The summed E-state index contributed by atoms with van der Waals surface area (Å²) >= 11 is 8.50. The number of hydrogen-bond acceptors (Lipinski definition) is 7. The first-order valence-corrected chi connectivity index (χ1v) is 10.8. The van der Waals surface area contributed by atoms with Crippen LogP contribution in [0.5, 0.6) is 11.5 Å². The van der Waals surface area contributed by atoms with Crippen molar-refractivity contribution in [3.8, 4) is 11.5 Å². The first-order valence-electron chi connectivity index (χ1n) is 8.75. The maximum atomic E-state index is 12.9. The van der Waals surface area contributed by atoms with Gasteiger partial charge in [0.1, 0.15) is 18.1 Å². The van der Waals surface area contributed by atoms with Gasteiger partial charge in [-0.3, -0.25) is 4.79 Å². The third-order valence-electron chi connectivity index (χ3n) is 4.13. The van der Waals surface area contributed by atoms with Crippen molar-refractivity contribution in [3.63, 3.8) is 0 Å². The topological polar surface area (TPSA) is 65.1 Å². The van der Waals surface area contributed by atoms with E-state index in [0.717, 1.165) is 16.2 Å². The van der Waals surface area contributed by atoms with E-state index in [9.17, 15) is 9.59 Å². The SMILES string of the molecule is O=C(OCC(=O)N(Cc1cccs1)c1ccc2c(c1)OCCO2)c1ccc(Cl)s1. The highest BCUT2D eigenvalue weighted by Crippen LogP contribution is 2.34. The molecule has 1 amide bonds. The Morgan fingerprint density at radius 2 is 1.93 bits per heavy atom. The highest BCUT2D eigenvalue weighted by molar-refractivity contribution is 7.17. The standard InChI is InChI=1S/C20H16ClNO5S2/c21-18-6-5-17(29-18)20(24)27-12-19(23)22(11-14-2-1-9-28-14)13-3-4-15-16(10-13)26-8-7-25-15/h1-6,9-10H,7-8,11-12H2. The minimum Gasteiger partial charge on any atom is -0.486 e. The second-order valence-electron chi connectivity index (χ2n) is 6.07. The number of amides is 1. The predicted molar refractivity (Wildman–Crippen MR) is 113 cm³/mol. The lowest BCUT2D eigenvalue weighted by atomic mass is 10.2. The summed E-state index contributed by atoms with van der Waals surface area (Å²) in [5.74, 6) is 0.312. The number of halogens is 1. The Hall–Kier alpha value is -2.55. The van der Waals surface area contributed by atoms with Gasteiger partial charge in [0.2, 0.25) is 0 Å². The molecule has 1 aromatic carbocycles. The van der Waals surface area contributed by atoms with Crippen LogP contribution in [0, 0.1) is 0 Å². The lowest BCUT2D eigenvalue weighted by Gasteiger charge is -2.25. The van der Waals surface area contributed by atoms with Gasteiger partial charge in [-0.05, 0) is 35.7 Å². The molecule has 3 heterocycles. The second-order valence-corrected chi connectivity index (χ2v) is 8.81. The summed E-state index contributed by atoms with van der Waals surface area (Å²) in [6.45, 7) is 0.926. The third-order valence-corrected chi connectivity index (χ3v) is 6.21. The van der Waals surface area contributed by atoms with Crippen molar-refractivity contribution < 1.29 is 23.8 Å². The summed E-state index contributed by atoms with van der Waals surface area (Å²) in [5, 5.41) is 1.95. The molecule has 0 saturated carbocycles. The molecule has 0 atom stereocenters. The van der Waals surface area contributed by atoms with Crippen molar-refractivity contribution in [2.45, 2.75) is 6.54 Å². The molecule has 4 rings (SSSR count). The number of nitrogens with zero attached hydrogens (tertiary/aromatic N) is 1. The number of fused-ring (bicyclic) bond motifs is 1. The lowest BCUT2D eigenvalue weighted by molar-refractivity contribution is -0.121. The number of carbonyl (C=O) groups is 2. The molecule has 0 fully saturated rings. The van der Waals surface area contributed by atoms with Crippen LogP contribution < -0.4 is 14.4 Å². The summed E-state index contributed by atoms with van der Waals surface area (Å²) in [4.78, 5) is 28.0. The van der Waals surface area contributed by atoms with Crippen LogP contribution >= 0.6 is 34.3 Å². The minimum atomic E-state index is -0.575. The summed E-state index contributed by atoms with van der Waals surface area (Å²) in [5.41, 5.74) is 0.642. The monoisotopic (exact) mass is 449 g/mol. The van der Waals surface area contributed by atoms with E-state index in [1.54, 1.807) is 46.6 Å². The van der Waals surface area contributed by atoms with E-state index in [1.165, 1.54) is 0 Å². The van der Waals surface area contributed by atoms with E-state index in [-0.39, 0.29) is 12.5 Å². The summed E-state index contributed by atoms with van der Waals surface area (Å²) in [6.07, 6.45) is 0. The van der Waals surface area contributed by atoms with E-state index < -0.39 is 5.97 Å². The molecule has 0 spiro atoms. The maximum Gasteiger partial charge on any atom is 0.348 e. The number of ether oxygens (including phenoxy) is 3. The molecule has 3 aromatic rings. The van der Waals surface area contributed by atoms with Crippen molar-refractivity contribution in [1.29, 1.82) is 0 Å². The molecule has 1 aliphatic rings. The maximum absolute atomic E-state index is 12.9. The Kier molecular flexibility index (Phi) is 6.03. The zero-order valence-corrected chi connectivity index (χ0v) is 17.5. The fourth-order valence-corrected chi connectivity index (χ4v) is 4.41. The average Bonchev–Trinajstić information content (AvgIpc) is 3.41. The van der Waals surface area contributed by atoms with E-state index in [1.807, 2.05) is 17.5 Å². The van der Waals surface area contributed by atoms with Crippen LogP contribution in [0.2, 0.25) is 4.34 Å². The summed E-state index contributed by atoms with van der Waals surface area (Å²) < 4.78 is 16.9. The summed E-state index contributed by atoms with van der Waals surface area (Å²) in [6, 6.07) is 12.4. The van der Waals surface area contributed by atoms with Crippen LogP contribution in [0.4, 0.5) is 5.69 Å². The molecule has 2 aromatic heterocycles. The van der Waals surface area contributed by atoms with Crippen molar-refractivity contribution in [2.75, 3.05) is 24.7 Å². The Balaban J connectivity index is 1.52. The molecule has 0 saturated heterocycles. The number of benzene rings is 1. The highest BCUT2D eigenvalue weighted by atomic mass is 35.5. The van der Waals surface area contributed by atoms with Gasteiger partial charge < -0.3 is 19.1 Å². The van der Waals surface area contributed by atoms with E-state index in [2.05, 4.69) is 0 Å². The normalized spacial score (nSPS) is 12.4. The quantitative estimate of drug-likeness (QED) is 0.513. The molecule has 0 N–H and O–H groups in total. The molecule has 1 aliphatic heterocycles. The van der Waals surface area contributed by atoms with Crippen LogP contribution in [0.1, 0.15) is 14.5 Å². The zero-order valence-electron chi connectivity index (χ0n) is 15.1. The first kappa shape index (κ1) is 19.8. The Bertz CT molecular complexity index is 1020. The average molecular weight is 450 g/mol. The molecule has 29 heavy (non-hydrogen) atoms. The smallest absolute Gasteiger partial charge is 0.348 e. The zero-order chi connectivity index (χ0) is 20.2. The van der Waals surface area contributed by atoms with Gasteiger partial charge >= 0.3 is 5.97 Å². The molecule has 0 radical (unpaired) electrons. The fraction of sp³-hybridized carbons (Fsp3) is 0.200. The van der Waals surface area contributed by atoms with Crippen LogP contribution in [-0.2, 0) is 16.1 Å². The third kappa shape index (κ3) is 4.72. The van der Waals surface area contributed by atoms with Crippen molar-refractivity contribution >= 4 is 51.8 Å². The lowest BCUT2D eigenvalue weighted by Crippen LogP contribution is -2.34. The fourth-order valence-electron chi connectivity index (χ4n) is 2.78. The Labute approximate surface area is 180 Å². The molecule has 150 valence electrons. The largest absolute Gasteiger partial charge is 0.486 e. The van der Waals surface area contributed by atoms with Gasteiger partial charge in [0.25, 0.3) is 5.91 Å². The van der Waals surface area contributed by atoms with Crippen molar-refractivity contribution in [3.05, 3.63) is 61.9 Å². The van der Waals surface area contributed by atoms with Gasteiger partial charge in [-0.15, -0.1) is 22.7 Å². The number of carbonyl (C=O) groups excluding carboxylic acids is 2. The van der Waals surface area contributed by atoms with Gasteiger partial charge in [0.15, 0.2) is 18.1 Å². The number of hydrogen-bond donors (Lipinski definition) is 0. The second kappa shape index (κ2) is 8.86. The number of rotatable bonds is 6. The first-order chi connectivity index (χ1) is 14.1. The van der Waals surface area contributed by atoms with Crippen LogP contribution in [0.3, 0.4) is 0 Å². The van der Waals surface area contributed by atoms with Gasteiger partial charge in [-0.1, -0.05) is 17.7 Å². The van der Waals surface area contributed by atoms with Gasteiger partial charge in [-0.25, -0.2) is 4.79 Å². The summed E-state index contributed by atoms with van der Waals surface area (Å²) in [7, 11) is 0. The Morgan fingerprint density at radius 1 is 1.10 bits per heavy atom. The van der Waals surface area contributed by atoms with Crippen molar-refractivity contribution in [2.24, 2.45) is 0 Å². The molecular formula is C20H16ClNO5S2. The van der Waals surface area contributed by atoms with Gasteiger partial charge in [0.05, 0.1) is 10.9 Å². The minimum absolute atomic E-state index is 0.342. The number of thiophene rings is 2. The van der Waals surface area contributed by atoms with Crippen LogP contribution in [0.15, 0.2) is 47.8 Å².